The lowest BCUT2D eigenvalue weighted by Crippen LogP contribution is -2.14. The summed E-state index contributed by atoms with van der Waals surface area (Å²) in [6.45, 7) is 4.78. The van der Waals surface area contributed by atoms with Crippen LogP contribution in [0.5, 0.6) is 11.5 Å². The predicted octanol–water partition coefficient (Wildman–Crippen LogP) is 7.62. The summed E-state index contributed by atoms with van der Waals surface area (Å²) in [4.78, 5) is 21.7. The van der Waals surface area contributed by atoms with Gasteiger partial charge in [-0.1, -0.05) is 32.6 Å². The Hall–Kier alpha value is -3.21. The highest BCUT2D eigenvalue weighted by molar-refractivity contribution is 5.91. The van der Waals surface area contributed by atoms with E-state index in [1.54, 1.807) is 36.4 Å². The number of unbranched alkanes of at least 4 members (excludes halogenated alkanes) is 2. The fraction of sp³-hybridized carbons (Fsp3) is 0.433. The average molecular weight is 473 g/mol. The molecule has 2 aromatic carbocycles. The van der Waals surface area contributed by atoms with Crippen molar-refractivity contribution in [3.63, 3.8) is 0 Å². The first-order valence-electron chi connectivity index (χ1n) is 13.0. The molecule has 1 fully saturated rings. The Morgan fingerprint density at radius 1 is 0.857 bits per heavy atom. The number of hydrogen-bond acceptors (Lipinski definition) is 5. The quantitative estimate of drug-likeness (QED) is 0.173. The van der Waals surface area contributed by atoms with Gasteiger partial charge in [0.05, 0.1) is 12.2 Å². The maximum absolute atomic E-state index is 12.4. The molecule has 0 spiro atoms. The molecule has 0 bridgehead atoms. The van der Waals surface area contributed by atoms with Gasteiger partial charge in [0.1, 0.15) is 11.5 Å². The predicted molar refractivity (Wildman–Crippen MR) is 139 cm³/mol. The zero-order chi connectivity index (χ0) is 24.5. The lowest BCUT2D eigenvalue weighted by atomic mass is 9.77. The molecule has 4 rings (SSSR count). The van der Waals surface area contributed by atoms with E-state index in [9.17, 15) is 4.79 Å². The second-order valence-corrected chi connectivity index (χ2v) is 9.42. The van der Waals surface area contributed by atoms with Crippen LogP contribution in [-0.4, -0.2) is 22.5 Å². The SMILES string of the molecule is CCCCCC1CCC(c2cnc(-c3ccc(OC(=O)c4ccc(OCC)cc4)cc3)nc2)CC1. The molecule has 5 nitrogen and oxygen atoms in total. The molecule has 0 N–H and O–H groups in total. The molecule has 1 aliphatic carbocycles. The number of nitrogens with zero attached hydrogens (tertiary/aromatic N) is 2. The van der Waals surface area contributed by atoms with E-state index in [2.05, 4.69) is 16.9 Å². The van der Waals surface area contributed by atoms with Gasteiger partial charge < -0.3 is 9.47 Å². The fourth-order valence-electron chi connectivity index (χ4n) is 4.86. The van der Waals surface area contributed by atoms with Gasteiger partial charge in [0.15, 0.2) is 5.82 Å². The number of aromatic nitrogens is 2. The Morgan fingerprint density at radius 2 is 1.51 bits per heavy atom. The zero-order valence-corrected chi connectivity index (χ0v) is 20.9. The monoisotopic (exact) mass is 472 g/mol. The van der Waals surface area contributed by atoms with Crippen molar-refractivity contribution in [3.8, 4) is 22.9 Å². The van der Waals surface area contributed by atoms with Gasteiger partial charge >= 0.3 is 5.97 Å². The summed E-state index contributed by atoms with van der Waals surface area (Å²) in [7, 11) is 0. The van der Waals surface area contributed by atoms with Gasteiger partial charge in [-0.05, 0) is 98.5 Å². The van der Waals surface area contributed by atoms with Crippen LogP contribution < -0.4 is 9.47 Å². The normalized spacial score (nSPS) is 17.7. The number of rotatable bonds is 10. The van der Waals surface area contributed by atoms with Gasteiger partial charge in [-0.25, -0.2) is 14.8 Å². The molecule has 1 heterocycles. The molecule has 1 saturated carbocycles. The molecule has 0 atom stereocenters. The van der Waals surface area contributed by atoms with E-state index < -0.39 is 5.97 Å². The maximum Gasteiger partial charge on any atom is 0.343 e. The van der Waals surface area contributed by atoms with Crippen molar-refractivity contribution in [1.82, 2.24) is 9.97 Å². The van der Waals surface area contributed by atoms with Crippen molar-refractivity contribution in [3.05, 3.63) is 72.1 Å². The second-order valence-electron chi connectivity index (χ2n) is 9.42. The van der Waals surface area contributed by atoms with Crippen LogP contribution in [0.2, 0.25) is 0 Å². The highest BCUT2D eigenvalue weighted by Crippen LogP contribution is 2.37. The molecule has 35 heavy (non-hydrogen) atoms. The molecule has 184 valence electrons. The van der Waals surface area contributed by atoms with E-state index in [0.29, 0.717) is 29.7 Å². The van der Waals surface area contributed by atoms with E-state index in [4.69, 9.17) is 9.47 Å². The Balaban J connectivity index is 1.30. The van der Waals surface area contributed by atoms with Gasteiger partial charge in [-0.15, -0.1) is 0 Å². The lowest BCUT2D eigenvalue weighted by Gasteiger charge is -2.28. The third-order valence-electron chi connectivity index (χ3n) is 6.93. The Bertz CT molecular complexity index is 1050. The van der Waals surface area contributed by atoms with Crippen LogP contribution >= 0.6 is 0 Å². The van der Waals surface area contributed by atoms with E-state index >= 15 is 0 Å². The third-order valence-corrected chi connectivity index (χ3v) is 6.93. The van der Waals surface area contributed by atoms with Crippen LogP contribution in [0.1, 0.15) is 87.1 Å². The number of hydrogen-bond donors (Lipinski definition) is 0. The van der Waals surface area contributed by atoms with Crippen molar-refractivity contribution in [2.75, 3.05) is 6.61 Å². The molecule has 3 aromatic rings. The molecule has 1 aromatic heterocycles. The van der Waals surface area contributed by atoms with E-state index in [1.807, 2.05) is 31.5 Å². The molecule has 1 aliphatic rings. The van der Waals surface area contributed by atoms with Crippen LogP contribution in [0.15, 0.2) is 60.9 Å². The van der Waals surface area contributed by atoms with E-state index in [1.165, 1.54) is 56.9 Å². The maximum atomic E-state index is 12.4. The van der Waals surface area contributed by atoms with Crippen LogP contribution in [0.3, 0.4) is 0 Å². The minimum absolute atomic E-state index is 0.401. The molecule has 0 radical (unpaired) electrons. The van der Waals surface area contributed by atoms with Gasteiger partial charge in [0, 0.05) is 18.0 Å². The van der Waals surface area contributed by atoms with Crippen LogP contribution in [0, 0.1) is 5.92 Å². The van der Waals surface area contributed by atoms with Crippen LogP contribution in [0.4, 0.5) is 0 Å². The van der Waals surface area contributed by atoms with Crippen LogP contribution in [0.25, 0.3) is 11.4 Å². The van der Waals surface area contributed by atoms with E-state index in [-0.39, 0.29) is 0 Å². The van der Waals surface area contributed by atoms with Crippen molar-refractivity contribution < 1.29 is 14.3 Å². The molecule has 0 saturated heterocycles. The molecule has 5 heteroatoms. The lowest BCUT2D eigenvalue weighted by molar-refractivity contribution is 0.0734. The van der Waals surface area contributed by atoms with Gasteiger partial charge in [-0.3, -0.25) is 0 Å². The average Bonchev–Trinajstić information content (AvgIpc) is 2.90. The summed E-state index contributed by atoms with van der Waals surface area (Å²) in [5.41, 5.74) is 2.63. The molecule has 0 amide bonds. The number of carbonyl (C=O) groups is 1. The van der Waals surface area contributed by atoms with Crippen molar-refractivity contribution >= 4 is 5.97 Å². The Morgan fingerprint density at radius 3 is 2.14 bits per heavy atom. The van der Waals surface area contributed by atoms with Crippen molar-refractivity contribution in [2.45, 2.75) is 71.1 Å². The summed E-state index contributed by atoms with van der Waals surface area (Å²) in [5.74, 6) is 2.98. The molecule has 0 unspecified atom stereocenters. The summed E-state index contributed by atoms with van der Waals surface area (Å²) in [6, 6.07) is 14.3. The smallest absolute Gasteiger partial charge is 0.343 e. The topological polar surface area (TPSA) is 61.3 Å². The van der Waals surface area contributed by atoms with Gasteiger partial charge in [0.25, 0.3) is 0 Å². The van der Waals surface area contributed by atoms with Gasteiger partial charge in [0.2, 0.25) is 0 Å². The Labute approximate surface area is 208 Å². The molecular formula is C30H36N2O3. The summed E-state index contributed by atoms with van der Waals surface area (Å²) in [5, 5.41) is 0. The first kappa shape index (κ1) is 24.9. The number of benzene rings is 2. The minimum atomic E-state index is -0.401. The van der Waals surface area contributed by atoms with Gasteiger partial charge in [-0.2, -0.15) is 0 Å². The summed E-state index contributed by atoms with van der Waals surface area (Å²) in [6.07, 6.45) is 14.6. The minimum Gasteiger partial charge on any atom is -0.494 e. The second kappa shape index (κ2) is 12.5. The number of carbonyl (C=O) groups excluding carboxylic acids is 1. The molecular weight excluding hydrogens is 436 g/mol. The number of esters is 1. The summed E-state index contributed by atoms with van der Waals surface area (Å²) >= 11 is 0. The summed E-state index contributed by atoms with van der Waals surface area (Å²) < 4.78 is 10.9. The zero-order valence-electron chi connectivity index (χ0n) is 20.9. The van der Waals surface area contributed by atoms with Crippen molar-refractivity contribution in [1.29, 1.82) is 0 Å². The third kappa shape index (κ3) is 6.91. The largest absolute Gasteiger partial charge is 0.494 e. The first-order chi connectivity index (χ1) is 17.2. The van der Waals surface area contributed by atoms with Crippen molar-refractivity contribution in [2.24, 2.45) is 5.92 Å². The standard InChI is InChI=1S/C30H36N2O3/c1-3-5-6-7-22-8-10-23(11-9-22)26-20-31-29(32-21-26)24-12-18-28(19-13-24)35-30(33)25-14-16-27(17-15-25)34-4-2/h12-23H,3-11H2,1-2H3. The van der Waals surface area contributed by atoms with E-state index in [0.717, 1.165) is 17.2 Å². The molecule has 0 aliphatic heterocycles. The Kier molecular flexibility index (Phi) is 8.88. The van der Waals surface area contributed by atoms with Crippen LogP contribution in [-0.2, 0) is 0 Å². The first-order valence-corrected chi connectivity index (χ1v) is 13.0. The highest BCUT2D eigenvalue weighted by atomic mass is 16.5. The number of ether oxygens (including phenoxy) is 2. The fourth-order valence-corrected chi connectivity index (χ4v) is 4.86. The highest BCUT2D eigenvalue weighted by Gasteiger charge is 2.22.